The lowest BCUT2D eigenvalue weighted by atomic mass is 10.2. The van der Waals surface area contributed by atoms with E-state index in [0.29, 0.717) is 18.7 Å². The van der Waals surface area contributed by atoms with Crippen molar-refractivity contribution in [2.45, 2.75) is 12.8 Å². The molecule has 1 amide bonds. The van der Waals surface area contributed by atoms with Crippen LogP contribution in [0.25, 0.3) is 0 Å². The van der Waals surface area contributed by atoms with Crippen LogP contribution in [0, 0.1) is 0 Å². The summed E-state index contributed by atoms with van der Waals surface area (Å²) in [5.41, 5.74) is 5.92. The fourth-order valence-corrected chi connectivity index (χ4v) is 1.24. The normalized spacial score (nSPS) is 10.2. The average Bonchev–Trinajstić information content (AvgIpc) is 2.76. The maximum atomic E-state index is 10.7. The van der Waals surface area contributed by atoms with E-state index in [9.17, 15) is 4.79 Å². The highest BCUT2D eigenvalue weighted by molar-refractivity contribution is 5.87. The second-order valence-corrected chi connectivity index (χ2v) is 3.20. The smallest absolute Gasteiger partial charge is 0.315 e. The highest BCUT2D eigenvalue weighted by Gasteiger charge is 2.10. The molecule has 6 heteroatoms. The highest BCUT2D eigenvalue weighted by Crippen LogP contribution is 2.02. The van der Waals surface area contributed by atoms with Crippen molar-refractivity contribution in [3.63, 3.8) is 0 Å². The molecule has 2 heterocycles. The van der Waals surface area contributed by atoms with Gasteiger partial charge in [-0.25, -0.2) is 0 Å². The molecule has 2 N–H and O–H groups in total. The lowest BCUT2D eigenvalue weighted by Gasteiger charge is -1.95. The quantitative estimate of drug-likeness (QED) is 0.798. The molecule has 0 bridgehead atoms. The summed E-state index contributed by atoms with van der Waals surface area (Å²) in [5, 5.41) is 3.64. The summed E-state index contributed by atoms with van der Waals surface area (Å²) in [6, 6.07) is 5.67. The summed E-state index contributed by atoms with van der Waals surface area (Å²) in [5.74, 6) is -0.410. The molecule has 2 aromatic heterocycles. The largest absolute Gasteiger partial charge is 0.361 e. The van der Waals surface area contributed by atoms with Crippen LogP contribution in [-0.4, -0.2) is 21.0 Å². The predicted molar refractivity (Wildman–Crippen MR) is 54.5 cm³/mol. The Hall–Kier alpha value is -2.24. The molecule has 0 aliphatic rings. The third-order valence-electron chi connectivity index (χ3n) is 2.01. The fourth-order valence-electron chi connectivity index (χ4n) is 1.24. The van der Waals surface area contributed by atoms with Crippen molar-refractivity contribution in [1.29, 1.82) is 0 Å². The number of nitrogens with two attached hydrogens (primary N) is 1. The zero-order valence-electron chi connectivity index (χ0n) is 8.46. The minimum atomic E-state index is -0.711. The molecule has 0 fully saturated rings. The molecule has 82 valence electrons. The average molecular weight is 218 g/mol. The van der Waals surface area contributed by atoms with E-state index in [1.54, 1.807) is 6.20 Å². The predicted octanol–water partition coefficient (Wildman–Crippen LogP) is 0.349. The molecule has 6 nitrogen and oxygen atoms in total. The molecular weight excluding hydrogens is 208 g/mol. The Labute approximate surface area is 91.5 Å². The Balaban J connectivity index is 1.97. The first kappa shape index (κ1) is 10.3. The maximum absolute atomic E-state index is 10.7. The number of aryl methyl sites for hydroxylation is 2. The maximum Gasteiger partial charge on any atom is 0.315 e. The van der Waals surface area contributed by atoms with Crippen molar-refractivity contribution in [1.82, 2.24) is 15.1 Å². The van der Waals surface area contributed by atoms with Gasteiger partial charge in [-0.15, -0.1) is 0 Å². The first-order valence-electron chi connectivity index (χ1n) is 4.78. The van der Waals surface area contributed by atoms with Gasteiger partial charge in [0, 0.05) is 18.3 Å². The summed E-state index contributed by atoms with van der Waals surface area (Å²) in [6.45, 7) is 0. The molecule has 0 spiro atoms. The zero-order chi connectivity index (χ0) is 11.4. The van der Waals surface area contributed by atoms with Gasteiger partial charge in [-0.3, -0.25) is 9.78 Å². The summed E-state index contributed by atoms with van der Waals surface area (Å²) in [6.07, 6.45) is 2.98. The molecule has 0 aromatic carbocycles. The number of carbonyl (C=O) groups excluding carboxylic acids is 1. The van der Waals surface area contributed by atoms with E-state index in [1.165, 1.54) is 0 Å². The number of pyridine rings is 1. The molecule has 0 aliphatic carbocycles. The van der Waals surface area contributed by atoms with Crippen LogP contribution in [0.3, 0.4) is 0 Å². The molecule has 16 heavy (non-hydrogen) atoms. The molecule has 0 radical (unpaired) electrons. The Morgan fingerprint density at radius 3 is 2.88 bits per heavy atom. The highest BCUT2D eigenvalue weighted by atomic mass is 16.5. The van der Waals surface area contributed by atoms with Crippen LogP contribution in [0.5, 0.6) is 0 Å². The van der Waals surface area contributed by atoms with Gasteiger partial charge in [-0.2, -0.15) is 4.98 Å². The van der Waals surface area contributed by atoms with Crippen molar-refractivity contribution < 1.29 is 9.32 Å². The number of carbonyl (C=O) groups is 1. The number of aromatic nitrogens is 3. The van der Waals surface area contributed by atoms with Crippen LogP contribution in [-0.2, 0) is 12.8 Å². The summed E-state index contributed by atoms with van der Waals surface area (Å²) >= 11 is 0. The summed E-state index contributed by atoms with van der Waals surface area (Å²) in [7, 11) is 0. The van der Waals surface area contributed by atoms with Crippen molar-refractivity contribution in [2.75, 3.05) is 0 Å². The fraction of sp³-hybridized carbons (Fsp3) is 0.200. The molecule has 0 unspecified atom stereocenters. The van der Waals surface area contributed by atoms with Gasteiger partial charge >= 0.3 is 11.8 Å². The first-order valence-corrected chi connectivity index (χ1v) is 4.78. The van der Waals surface area contributed by atoms with E-state index in [4.69, 9.17) is 5.73 Å². The molecule has 0 aliphatic heterocycles. The molecule has 2 aromatic rings. The van der Waals surface area contributed by atoms with Crippen LogP contribution in [0.4, 0.5) is 0 Å². The van der Waals surface area contributed by atoms with Crippen molar-refractivity contribution >= 4 is 5.91 Å². The van der Waals surface area contributed by atoms with Gasteiger partial charge in [0.05, 0.1) is 0 Å². The van der Waals surface area contributed by atoms with E-state index in [0.717, 1.165) is 5.69 Å². The Bertz CT molecular complexity index is 481. The molecule has 2 rings (SSSR count). The zero-order valence-corrected chi connectivity index (χ0v) is 8.46. The van der Waals surface area contributed by atoms with Crippen LogP contribution in [0.2, 0.25) is 0 Å². The van der Waals surface area contributed by atoms with Gasteiger partial charge < -0.3 is 10.3 Å². The number of hydrogen-bond donors (Lipinski definition) is 1. The van der Waals surface area contributed by atoms with E-state index >= 15 is 0 Å². The topological polar surface area (TPSA) is 94.9 Å². The van der Waals surface area contributed by atoms with Crippen LogP contribution >= 0.6 is 0 Å². The number of rotatable bonds is 4. The standard InChI is InChI=1S/C10H10N4O2/c11-9(15)10-13-8(14-16-10)5-4-7-3-1-2-6-12-7/h1-3,6H,4-5H2,(H2,11,15). The van der Waals surface area contributed by atoms with Gasteiger partial charge in [-0.1, -0.05) is 11.2 Å². The minimum Gasteiger partial charge on any atom is -0.361 e. The SMILES string of the molecule is NC(=O)c1nc(CCc2ccccn2)no1. The van der Waals surface area contributed by atoms with Crippen LogP contribution < -0.4 is 5.73 Å². The molecule has 0 atom stereocenters. The monoisotopic (exact) mass is 218 g/mol. The molecule has 0 saturated heterocycles. The Kier molecular flexibility index (Phi) is 2.90. The number of hydrogen-bond acceptors (Lipinski definition) is 5. The summed E-state index contributed by atoms with van der Waals surface area (Å²) in [4.78, 5) is 18.7. The minimum absolute atomic E-state index is 0.156. The van der Waals surface area contributed by atoms with E-state index in [-0.39, 0.29) is 5.89 Å². The second-order valence-electron chi connectivity index (χ2n) is 3.20. The lowest BCUT2D eigenvalue weighted by molar-refractivity contribution is 0.0958. The number of nitrogens with zero attached hydrogens (tertiary/aromatic N) is 3. The lowest BCUT2D eigenvalue weighted by Crippen LogP contribution is -2.11. The number of amides is 1. The third-order valence-corrected chi connectivity index (χ3v) is 2.01. The van der Waals surface area contributed by atoms with Gasteiger partial charge in [0.2, 0.25) is 0 Å². The number of primary amides is 1. The third kappa shape index (κ3) is 2.41. The molecule has 0 saturated carbocycles. The second kappa shape index (κ2) is 4.52. The van der Waals surface area contributed by atoms with Crippen molar-refractivity contribution in [3.05, 3.63) is 41.8 Å². The van der Waals surface area contributed by atoms with Gasteiger partial charge in [-0.05, 0) is 18.6 Å². The van der Waals surface area contributed by atoms with E-state index in [2.05, 4.69) is 19.6 Å². The Morgan fingerprint density at radius 1 is 1.38 bits per heavy atom. The van der Waals surface area contributed by atoms with E-state index in [1.807, 2.05) is 18.2 Å². The van der Waals surface area contributed by atoms with Crippen LogP contribution in [0.15, 0.2) is 28.9 Å². The summed E-state index contributed by atoms with van der Waals surface area (Å²) < 4.78 is 4.66. The first-order chi connectivity index (χ1) is 7.75. The Morgan fingerprint density at radius 2 is 2.25 bits per heavy atom. The van der Waals surface area contributed by atoms with Crippen LogP contribution in [0.1, 0.15) is 22.2 Å². The molecular formula is C10H10N4O2. The van der Waals surface area contributed by atoms with Crippen molar-refractivity contribution in [3.8, 4) is 0 Å². The van der Waals surface area contributed by atoms with Gasteiger partial charge in [0.1, 0.15) is 0 Å². The van der Waals surface area contributed by atoms with Gasteiger partial charge in [0.15, 0.2) is 5.82 Å². The van der Waals surface area contributed by atoms with Gasteiger partial charge in [0.25, 0.3) is 0 Å². The van der Waals surface area contributed by atoms with Crippen molar-refractivity contribution in [2.24, 2.45) is 5.73 Å². The van der Waals surface area contributed by atoms with E-state index < -0.39 is 5.91 Å².